The van der Waals surface area contributed by atoms with Gasteiger partial charge in [0.1, 0.15) is 0 Å². The average Bonchev–Trinajstić information content (AvgIpc) is 1.87. The zero-order valence-corrected chi connectivity index (χ0v) is 6.52. The van der Waals surface area contributed by atoms with Gasteiger partial charge in [-0.15, -0.1) is 6.42 Å². The van der Waals surface area contributed by atoms with Crippen molar-refractivity contribution >= 4 is 0 Å². The third-order valence-corrected chi connectivity index (χ3v) is 0.955. The number of hydrogen-bond acceptors (Lipinski definition) is 0. The average molecular weight is 132 g/mol. The van der Waals surface area contributed by atoms with E-state index >= 15 is 0 Å². The summed E-state index contributed by atoms with van der Waals surface area (Å²) in [6.45, 7) is 7.54. The second-order valence-electron chi connectivity index (χ2n) is 2.20. The van der Waals surface area contributed by atoms with Crippen molar-refractivity contribution in [2.24, 2.45) is 0 Å². The first-order valence-electron chi connectivity index (χ1n) is 3.14. The molecule has 0 nitrogen and oxygen atoms in total. The number of rotatable bonds is 2. The number of hydrogen-bond donors (Lipinski definition) is 0. The Labute approximate surface area is 63.0 Å². The summed E-state index contributed by atoms with van der Waals surface area (Å²) in [5.41, 5.74) is 1.96. The Hall–Kier alpha value is -1.22. The van der Waals surface area contributed by atoms with Crippen LogP contribution in [-0.4, -0.2) is 0 Å². The Kier molecular flexibility index (Phi) is 4.07. The monoisotopic (exact) mass is 132 g/mol. The van der Waals surface area contributed by atoms with Crippen LogP contribution in [0.1, 0.15) is 13.8 Å². The van der Waals surface area contributed by atoms with E-state index in [1.165, 1.54) is 0 Å². The number of allylic oxidation sites excluding steroid dienone is 5. The molecule has 0 heteroatoms. The minimum Gasteiger partial charge on any atom is -0.115 e. The van der Waals surface area contributed by atoms with Crippen molar-refractivity contribution in [1.82, 2.24) is 0 Å². The van der Waals surface area contributed by atoms with Gasteiger partial charge in [0.15, 0.2) is 0 Å². The van der Waals surface area contributed by atoms with Gasteiger partial charge in [-0.3, -0.25) is 0 Å². The predicted molar refractivity (Wildman–Crippen MR) is 46.5 cm³/mol. The van der Waals surface area contributed by atoms with E-state index in [1.54, 1.807) is 0 Å². The van der Waals surface area contributed by atoms with Gasteiger partial charge >= 0.3 is 0 Å². The first kappa shape index (κ1) is 8.78. The molecule has 52 valence electrons. The van der Waals surface area contributed by atoms with Gasteiger partial charge in [-0.1, -0.05) is 36.3 Å². The summed E-state index contributed by atoms with van der Waals surface area (Å²) in [7, 11) is 0. The van der Waals surface area contributed by atoms with Gasteiger partial charge in [-0.25, -0.2) is 0 Å². The molecule has 0 aromatic heterocycles. The molecule has 0 aliphatic carbocycles. The zero-order chi connectivity index (χ0) is 7.98. The highest BCUT2D eigenvalue weighted by Gasteiger charge is 1.74. The molecule has 0 aliphatic heterocycles. The van der Waals surface area contributed by atoms with Crippen molar-refractivity contribution in [3.05, 3.63) is 36.0 Å². The second-order valence-corrected chi connectivity index (χ2v) is 2.20. The van der Waals surface area contributed by atoms with Gasteiger partial charge in [0.2, 0.25) is 0 Å². The van der Waals surface area contributed by atoms with E-state index in [0.29, 0.717) is 0 Å². The molecule has 0 atom stereocenters. The van der Waals surface area contributed by atoms with E-state index in [-0.39, 0.29) is 0 Å². The third-order valence-electron chi connectivity index (χ3n) is 0.955. The van der Waals surface area contributed by atoms with Crippen LogP contribution in [-0.2, 0) is 0 Å². The fraction of sp³-hybridized carbons (Fsp3) is 0.200. The summed E-state index contributed by atoms with van der Waals surface area (Å²) in [5, 5.41) is 0. The lowest BCUT2D eigenvalue weighted by Crippen LogP contribution is -1.64. The van der Waals surface area contributed by atoms with E-state index < -0.39 is 0 Å². The maximum absolute atomic E-state index is 5.11. The molecular weight excluding hydrogens is 120 g/mol. The van der Waals surface area contributed by atoms with Crippen LogP contribution in [0.5, 0.6) is 0 Å². The summed E-state index contributed by atoms with van der Waals surface area (Å²) in [5.74, 6) is 2.52. The molecule has 0 spiro atoms. The van der Waals surface area contributed by atoms with Crippen molar-refractivity contribution in [2.45, 2.75) is 13.8 Å². The highest BCUT2D eigenvalue weighted by Crippen LogP contribution is 1.93. The molecule has 0 saturated carbocycles. The van der Waals surface area contributed by atoms with Crippen molar-refractivity contribution in [3.63, 3.8) is 0 Å². The first-order valence-corrected chi connectivity index (χ1v) is 3.14. The third kappa shape index (κ3) is 4.93. The molecule has 10 heavy (non-hydrogen) atoms. The topological polar surface area (TPSA) is 0 Å². The zero-order valence-electron chi connectivity index (χ0n) is 6.52. The summed E-state index contributed by atoms with van der Waals surface area (Å²) in [4.78, 5) is 0. The summed E-state index contributed by atoms with van der Waals surface area (Å²) < 4.78 is 0. The van der Waals surface area contributed by atoms with E-state index in [9.17, 15) is 0 Å². The molecule has 0 amide bonds. The lowest BCUT2D eigenvalue weighted by Gasteiger charge is -1.82. The highest BCUT2D eigenvalue weighted by molar-refractivity contribution is 5.28. The van der Waals surface area contributed by atoms with E-state index in [0.717, 1.165) is 11.1 Å². The van der Waals surface area contributed by atoms with Crippen LogP contribution in [0.25, 0.3) is 0 Å². The van der Waals surface area contributed by atoms with Gasteiger partial charge in [0.05, 0.1) is 0 Å². The highest BCUT2D eigenvalue weighted by atomic mass is 13.8. The second kappa shape index (κ2) is 4.64. The summed E-state index contributed by atoms with van der Waals surface area (Å²) in [6, 6.07) is 0. The Morgan fingerprint density at radius 2 is 2.10 bits per heavy atom. The smallest absolute Gasteiger partial charge is 0.00135 e. The maximum atomic E-state index is 5.11. The lowest BCUT2D eigenvalue weighted by molar-refractivity contribution is 1.54. The van der Waals surface area contributed by atoms with Gasteiger partial charge in [-0.05, 0) is 19.4 Å². The normalized spacial score (nSPS) is 11.5. The van der Waals surface area contributed by atoms with Crippen molar-refractivity contribution in [3.8, 4) is 12.3 Å². The van der Waals surface area contributed by atoms with E-state index in [1.807, 2.05) is 32.1 Å². The summed E-state index contributed by atoms with van der Waals surface area (Å²) in [6.07, 6.45) is 10.8. The molecule has 0 aromatic rings. The van der Waals surface area contributed by atoms with Gasteiger partial charge in [0, 0.05) is 0 Å². The van der Waals surface area contributed by atoms with Gasteiger partial charge < -0.3 is 0 Å². The number of terminal acetylenes is 1. The van der Waals surface area contributed by atoms with Gasteiger partial charge in [-0.2, -0.15) is 0 Å². The lowest BCUT2D eigenvalue weighted by atomic mass is 10.2. The molecular formula is C10H12. The van der Waals surface area contributed by atoms with Crippen LogP contribution < -0.4 is 0 Å². The van der Waals surface area contributed by atoms with E-state index in [2.05, 4.69) is 12.5 Å². The molecule has 0 bridgehead atoms. The van der Waals surface area contributed by atoms with Crippen LogP contribution in [0.15, 0.2) is 36.0 Å². The molecule has 0 saturated heterocycles. The maximum Gasteiger partial charge on any atom is -0.00135 e. The van der Waals surface area contributed by atoms with Crippen molar-refractivity contribution in [2.75, 3.05) is 0 Å². The Bertz CT molecular complexity index is 209. The van der Waals surface area contributed by atoms with Crippen molar-refractivity contribution < 1.29 is 0 Å². The SMILES string of the molecule is C#C/C(C)=C/C=C\C(=C)C. The van der Waals surface area contributed by atoms with Crippen LogP contribution >= 0.6 is 0 Å². The molecule has 0 radical (unpaired) electrons. The summed E-state index contributed by atoms with van der Waals surface area (Å²) >= 11 is 0. The fourth-order valence-electron chi connectivity index (χ4n) is 0.405. The Morgan fingerprint density at radius 3 is 2.50 bits per heavy atom. The quantitative estimate of drug-likeness (QED) is 0.400. The minimum atomic E-state index is 0.928. The first-order chi connectivity index (χ1) is 4.66. The molecule has 0 heterocycles. The molecule has 0 fully saturated rings. The molecule has 0 aromatic carbocycles. The largest absolute Gasteiger partial charge is 0.115 e. The van der Waals surface area contributed by atoms with Crippen molar-refractivity contribution in [1.29, 1.82) is 0 Å². The molecule has 0 unspecified atom stereocenters. The molecule has 0 aliphatic rings. The van der Waals surface area contributed by atoms with Gasteiger partial charge in [0.25, 0.3) is 0 Å². The van der Waals surface area contributed by atoms with Crippen LogP contribution in [0, 0.1) is 12.3 Å². The minimum absolute atomic E-state index is 0.928. The Morgan fingerprint density at radius 1 is 1.50 bits per heavy atom. The van der Waals surface area contributed by atoms with E-state index in [4.69, 9.17) is 6.42 Å². The van der Waals surface area contributed by atoms with Crippen LogP contribution in [0.3, 0.4) is 0 Å². The van der Waals surface area contributed by atoms with Crippen LogP contribution in [0.4, 0.5) is 0 Å². The standard InChI is InChI=1S/C10H12/c1-5-10(4)8-6-7-9(2)3/h1,6-8H,2H2,3-4H3/b7-6-,10-8+. The molecule has 0 N–H and O–H groups in total. The predicted octanol–water partition coefficient (Wildman–Crippen LogP) is 2.70. The molecule has 0 rings (SSSR count). The fourth-order valence-corrected chi connectivity index (χ4v) is 0.405. The van der Waals surface area contributed by atoms with Crippen LogP contribution in [0.2, 0.25) is 0 Å². The Balaban J connectivity index is 3.98.